The fraction of sp³-hybridized carbons (Fsp3) is 0.882. The van der Waals surface area contributed by atoms with Crippen LogP contribution < -0.4 is 5.32 Å². The standard InChI is InChI=1S/C17H28N2O2/c1-5-12-15(20)18-14(17(2,3)4)16(21)19(12)13-9-10-6-7-11(13)8-10/h10-14H,5-9H2,1-4H3,(H,18,20). The van der Waals surface area contributed by atoms with Crippen molar-refractivity contribution in [2.75, 3.05) is 0 Å². The SMILES string of the molecule is CCC1C(=O)NC(C(C)(C)C)C(=O)N1C1CC2CCC1C2. The maximum Gasteiger partial charge on any atom is 0.246 e. The van der Waals surface area contributed by atoms with Crippen LogP contribution in [0.1, 0.15) is 59.8 Å². The first-order valence-corrected chi connectivity index (χ1v) is 8.45. The molecule has 0 spiro atoms. The fourth-order valence-electron chi connectivity index (χ4n) is 4.64. The zero-order valence-electron chi connectivity index (χ0n) is 13.7. The first kappa shape index (κ1) is 14.9. The molecule has 21 heavy (non-hydrogen) atoms. The summed E-state index contributed by atoms with van der Waals surface area (Å²) >= 11 is 0. The lowest BCUT2D eigenvalue weighted by atomic mass is 9.82. The van der Waals surface area contributed by atoms with Crippen molar-refractivity contribution in [1.29, 1.82) is 0 Å². The van der Waals surface area contributed by atoms with E-state index in [1.54, 1.807) is 0 Å². The summed E-state index contributed by atoms with van der Waals surface area (Å²) in [6.07, 6.45) is 5.62. The van der Waals surface area contributed by atoms with Gasteiger partial charge >= 0.3 is 0 Å². The average Bonchev–Trinajstić information content (AvgIpc) is 3.01. The highest BCUT2D eigenvalue weighted by molar-refractivity contribution is 5.97. The Bertz CT molecular complexity index is 454. The summed E-state index contributed by atoms with van der Waals surface area (Å²) in [6, 6.07) is -0.343. The molecule has 5 atom stereocenters. The molecule has 2 aliphatic carbocycles. The Morgan fingerprint density at radius 1 is 1.19 bits per heavy atom. The van der Waals surface area contributed by atoms with Crippen LogP contribution in [-0.2, 0) is 9.59 Å². The Balaban J connectivity index is 1.90. The number of hydrogen-bond donors (Lipinski definition) is 1. The monoisotopic (exact) mass is 292 g/mol. The van der Waals surface area contributed by atoms with Gasteiger partial charge in [0.25, 0.3) is 0 Å². The van der Waals surface area contributed by atoms with Crippen molar-refractivity contribution in [3.05, 3.63) is 0 Å². The minimum atomic E-state index is -0.382. The molecule has 2 saturated carbocycles. The quantitative estimate of drug-likeness (QED) is 0.849. The number of rotatable bonds is 2. The molecule has 0 radical (unpaired) electrons. The first-order valence-electron chi connectivity index (χ1n) is 8.45. The summed E-state index contributed by atoms with van der Waals surface area (Å²) in [6.45, 7) is 8.10. The lowest BCUT2D eigenvalue weighted by Gasteiger charge is -2.47. The Morgan fingerprint density at radius 2 is 1.90 bits per heavy atom. The molecular formula is C17H28N2O2. The third-order valence-electron chi connectivity index (χ3n) is 5.74. The van der Waals surface area contributed by atoms with Crippen LogP contribution in [0.5, 0.6) is 0 Å². The molecule has 1 saturated heterocycles. The van der Waals surface area contributed by atoms with Gasteiger partial charge in [-0.3, -0.25) is 9.59 Å². The lowest BCUT2D eigenvalue weighted by molar-refractivity contribution is -0.156. The van der Waals surface area contributed by atoms with Crippen LogP contribution in [0.15, 0.2) is 0 Å². The van der Waals surface area contributed by atoms with Crippen LogP contribution in [0.25, 0.3) is 0 Å². The van der Waals surface area contributed by atoms with Gasteiger partial charge in [-0.05, 0) is 42.9 Å². The number of nitrogens with one attached hydrogen (secondary N) is 1. The highest BCUT2D eigenvalue weighted by Crippen LogP contribution is 2.48. The largest absolute Gasteiger partial charge is 0.342 e. The molecule has 4 nitrogen and oxygen atoms in total. The number of hydrogen-bond acceptors (Lipinski definition) is 2. The Morgan fingerprint density at radius 3 is 2.38 bits per heavy atom. The van der Waals surface area contributed by atoms with Gasteiger partial charge < -0.3 is 10.2 Å². The van der Waals surface area contributed by atoms with Gasteiger partial charge in [0.05, 0.1) is 0 Å². The summed E-state index contributed by atoms with van der Waals surface area (Å²) in [5.74, 6) is 1.59. The van der Waals surface area contributed by atoms with Gasteiger partial charge in [0.1, 0.15) is 12.1 Å². The van der Waals surface area contributed by atoms with Crippen LogP contribution in [0.3, 0.4) is 0 Å². The number of fused-ring (bicyclic) bond motifs is 2. The zero-order chi connectivity index (χ0) is 15.4. The normalized spacial score (nSPS) is 39.8. The summed E-state index contributed by atoms with van der Waals surface area (Å²) in [4.78, 5) is 27.5. The first-order chi connectivity index (χ1) is 9.82. The van der Waals surface area contributed by atoms with Gasteiger partial charge in [-0.25, -0.2) is 0 Å². The minimum Gasteiger partial charge on any atom is -0.342 e. The third kappa shape index (κ3) is 2.36. The smallest absolute Gasteiger partial charge is 0.246 e. The Kier molecular flexibility index (Phi) is 3.53. The number of carbonyl (C=O) groups excluding carboxylic acids is 2. The number of piperazine rings is 1. The maximum absolute atomic E-state index is 13.1. The molecule has 0 aromatic carbocycles. The van der Waals surface area contributed by atoms with Gasteiger partial charge in [-0.2, -0.15) is 0 Å². The van der Waals surface area contributed by atoms with E-state index in [1.165, 1.54) is 19.3 Å². The van der Waals surface area contributed by atoms with E-state index < -0.39 is 0 Å². The molecule has 0 aromatic rings. The zero-order valence-corrected chi connectivity index (χ0v) is 13.7. The fourth-order valence-corrected chi connectivity index (χ4v) is 4.64. The van der Waals surface area contributed by atoms with Crippen LogP contribution in [0.4, 0.5) is 0 Å². The van der Waals surface area contributed by atoms with Gasteiger partial charge in [-0.15, -0.1) is 0 Å². The van der Waals surface area contributed by atoms with Crippen LogP contribution in [-0.4, -0.2) is 34.8 Å². The maximum atomic E-state index is 13.1. The molecule has 1 N–H and O–H groups in total. The molecule has 1 heterocycles. The van der Waals surface area contributed by atoms with E-state index in [0.29, 0.717) is 18.4 Å². The Hall–Kier alpha value is -1.06. The van der Waals surface area contributed by atoms with Crippen molar-refractivity contribution in [2.45, 2.75) is 77.9 Å². The Labute approximate surface area is 127 Å². The summed E-state index contributed by atoms with van der Waals surface area (Å²) in [5.41, 5.74) is -0.235. The average molecular weight is 292 g/mol. The summed E-state index contributed by atoms with van der Waals surface area (Å²) < 4.78 is 0. The predicted octanol–water partition coefficient (Wildman–Crippen LogP) is 2.33. The topological polar surface area (TPSA) is 49.4 Å². The number of carbonyl (C=O) groups is 2. The van der Waals surface area contributed by atoms with Gasteiger partial charge in [0.15, 0.2) is 0 Å². The van der Waals surface area contributed by atoms with Crippen molar-refractivity contribution in [1.82, 2.24) is 10.2 Å². The van der Waals surface area contributed by atoms with Crippen molar-refractivity contribution in [3.63, 3.8) is 0 Å². The van der Waals surface area contributed by atoms with Gasteiger partial charge in [0.2, 0.25) is 11.8 Å². The molecule has 0 aromatic heterocycles. The van der Waals surface area contributed by atoms with E-state index in [1.807, 2.05) is 32.6 Å². The highest BCUT2D eigenvalue weighted by Gasteiger charge is 2.52. The number of amides is 2. The molecule has 2 bridgehead atoms. The summed E-state index contributed by atoms with van der Waals surface area (Å²) in [7, 11) is 0. The van der Waals surface area contributed by atoms with E-state index in [9.17, 15) is 9.59 Å². The van der Waals surface area contributed by atoms with E-state index in [0.717, 1.165) is 12.3 Å². The van der Waals surface area contributed by atoms with Crippen molar-refractivity contribution in [2.24, 2.45) is 17.3 Å². The molecule has 1 aliphatic heterocycles. The molecule has 3 fully saturated rings. The predicted molar refractivity (Wildman–Crippen MR) is 81.5 cm³/mol. The lowest BCUT2D eigenvalue weighted by Crippen LogP contribution is -2.68. The van der Waals surface area contributed by atoms with Crippen LogP contribution in [0, 0.1) is 17.3 Å². The summed E-state index contributed by atoms with van der Waals surface area (Å²) in [5, 5.41) is 2.97. The van der Waals surface area contributed by atoms with E-state index >= 15 is 0 Å². The van der Waals surface area contributed by atoms with Crippen molar-refractivity contribution in [3.8, 4) is 0 Å². The van der Waals surface area contributed by atoms with Gasteiger partial charge in [0, 0.05) is 6.04 Å². The molecule has 5 unspecified atom stereocenters. The molecule has 2 amide bonds. The van der Waals surface area contributed by atoms with Gasteiger partial charge in [-0.1, -0.05) is 34.1 Å². The van der Waals surface area contributed by atoms with Crippen molar-refractivity contribution >= 4 is 11.8 Å². The molecule has 3 rings (SSSR count). The molecular weight excluding hydrogens is 264 g/mol. The second-order valence-electron chi connectivity index (χ2n) is 8.22. The second-order valence-corrected chi connectivity index (χ2v) is 8.22. The molecule has 4 heteroatoms. The van der Waals surface area contributed by atoms with Crippen molar-refractivity contribution < 1.29 is 9.59 Å². The van der Waals surface area contributed by atoms with Crippen LogP contribution >= 0.6 is 0 Å². The number of nitrogens with zero attached hydrogens (tertiary/aromatic N) is 1. The van der Waals surface area contributed by atoms with E-state index in [2.05, 4.69) is 5.32 Å². The minimum absolute atomic E-state index is 0.0415. The molecule has 3 aliphatic rings. The molecule has 118 valence electrons. The van der Waals surface area contributed by atoms with E-state index in [-0.39, 0.29) is 29.3 Å². The highest BCUT2D eigenvalue weighted by atomic mass is 16.2. The third-order valence-corrected chi connectivity index (χ3v) is 5.74. The van der Waals surface area contributed by atoms with Crippen LogP contribution in [0.2, 0.25) is 0 Å². The second kappa shape index (κ2) is 4.99. The van der Waals surface area contributed by atoms with E-state index in [4.69, 9.17) is 0 Å².